The van der Waals surface area contributed by atoms with Gasteiger partial charge in [-0.1, -0.05) is 11.6 Å². The third-order valence-electron chi connectivity index (χ3n) is 2.70. The number of furan rings is 1. The maximum Gasteiger partial charge on any atom is 0.287 e. The highest BCUT2D eigenvalue weighted by molar-refractivity contribution is 6.33. The van der Waals surface area contributed by atoms with Gasteiger partial charge in [-0.25, -0.2) is 0 Å². The molecule has 1 heterocycles. The van der Waals surface area contributed by atoms with Gasteiger partial charge in [-0.15, -0.1) is 0 Å². The topological polar surface area (TPSA) is 77.5 Å². The Bertz CT molecular complexity index is 610. The van der Waals surface area contributed by atoms with Crippen molar-refractivity contribution in [1.29, 1.82) is 0 Å². The molecule has 0 radical (unpaired) electrons. The fraction of sp³-hybridized carbons (Fsp3) is 0.214. The summed E-state index contributed by atoms with van der Waals surface area (Å²) < 4.78 is 10.4. The molecule has 5 nitrogen and oxygen atoms in total. The molecule has 2 aromatic rings. The number of halogens is 1. The van der Waals surface area contributed by atoms with Gasteiger partial charge in [0.15, 0.2) is 5.76 Å². The second kappa shape index (κ2) is 6.45. The van der Waals surface area contributed by atoms with E-state index in [9.17, 15) is 4.79 Å². The Balaban J connectivity index is 2.12. The molecule has 0 spiro atoms. The second-order valence-electron chi connectivity index (χ2n) is 4.15. The van der Waals surface area contributed by atoms with Gasteiger partial charge in [0.25, 0.3) is 5.91 Å². The zero-order valence-electron chi connectivity index (χ0n) is 11.0. The summed E-state index contributed by atoms with van der Waals surface area (Å²) in [5, 5.41) is 3.17. The number of anilines is 1. The van der Waals surface area contributed by atoms with Crippen LogP contribution in [-0.2, 0) is 4.74 Å². The van der Waals surface area contributed by atoms with Crippen molar-refractivity contribution < 1.29 is 13.9 Å². The number of methoxy groups -OCH3 is 1. The average Bonchev–Trinajstić information content (AvgIpc) is 2.92. The van der Waals surface area contributed by atoms with Crippen LogP contribution in [0.3, 0.4) is 0 Å². The predicted molar refractivity (Wildman–Crippen MR) is 77.8 cm³/mol. The molecular formula is C14H15ClN2O3. The zero-order valence-corrected chi connectivity index (χ0v) is 11.7. The van der Waals surface area contributed by atoms with E-state index in [1.165, 1.54) is 0 Å². The summed E-state index contributed by atoms with van der Waals surface area (Å²) in [5.74, 6) is 0.519. The van der Waals surface area contributed by atoms with Crippen LogP contribution in [0, 0.1) is 0 Å². The van der Waals surface area contributed by atoms with Crippen LogP contribution in [0.15, 0.2) is 34.7 Å². The molecule has 0 bridgehead atoms. The van der Waals surface area contributed by atoms with Crippen molar-refractivity contribution in [3.8, 4) is 11.3 Å². The number of carbonyl (C=O) groups excluding carboxylic acids is 1. The number of nitrogen functional groups attached to an aromatic ring is 1. The van der Waals surface area contributed by atoms with Crippen molar-refractivity contribution in [2.75, 3.05) is 26.0 Å². The molecule has 0 atom stereocenters. The normalized spacial score (nSPS) is 10.5. The Labute approximate surface area is 121 Å². The summed E-state index contributed by atoms with van der Waals surface area (Å²) >= 11 is 5.86. The molecule has 1 aromatic heterocycles. The zero-order chi connectivity index (χ0) is 14.5. The number of rotatable bonds is 5. The highest BCUT2D eigenvalue weighted by Crippen LogP contribution is 2.28. The van der Waals surface area contributed by atoms with Gasteiger partial charge in [0.1, 0.15) is 5.76 Å². The highest BCUT2D eigenvalue weighted by atomic mass is 35.5. The van der Waals surface area contributed by atoms with Crippen molar-refractivity contribution in [2.24, 2.45) is 0 Å². The SMILES string of the molecule is COCCNC(=O)c1ccc(-c2ccc(Cl)c(N)c2)o1. The molecule has 0 aliphatic rings. The van der Waals surface area contributed by atoms with Crippen LogP contribution >= 0.6 is 11.6 Å². The number of hydrogen-bond acceptors (Lipinski definition) is 4. The summed E-state index contributed by atoms with van der Waals surface area (Å²) in [5.41, 5.74) is 6.97. The predicted octanol–water partition coefficient (Wildman–Crippen LogP) is 2.56. The Morgan fingerprint density at radius 1 is 1.40 bits per heavy atom. The summed E-state index contributed by atoms with van der Waals surface area (Å²) in [4.78, 5) is 11.8. The van der Waals surface area contributed by atoms with Gasteiger partial charge >= 0.3 is 0 Å². The van der Waals surface area contributed by atoms with E-state index in [0.717, 1.165) is 5.56 Å². The number of nitrogens with two attached hydrogens (primary N) is 1. The molecule has 0 saturated heterocycles. The molecule has 0 aliphatic heterocycles. The molecule has 1 amide bonds. The Hall–Kier alpha value is -1.98. The summed E-state index contributed by atoms with van der Waals surface area (Å²) in [6.45, 7) is 0.881. The molecule has 2 rings (SSSR count). The van der Waals surface area contributed by atoms with E-state index in [1.807, 2.05) is 0 Å². The maximum atomic E-state index is 11.8. The van der Waals surface area contributed by atoms with Crippen LogP contribution in [0.2, 0.25) is 5.02 Å². The second-order valence-corrected chi connectivity index (χ2v) is 4.56. The number of hydrogen-bond donors (Lipinski definition) is 2. The van der Waals surface area contributed by atoms with Gasteiger partial charge in [-0.2, -0.15) is 0 Å². The standard InChI is InChI=1S/C14H15ClN2O3/c1-19-7-6-17-14(18)13-5-4-12(20-13)9-2-3-10(15)11(16)8-9/h2-5,8H,6-7,16H2,1H3,(H,17,18). The number of benzene rings is 1. The fourth-order valence-electron chi connectivity index (χ4n) is 1.67. The molecule has 0 fully saturated rings. The number of nitrogens with one attached hydrogen (secondary N) is 1. The van der Waals surface area contributed by atoms with E-state index in [2.05, 4.69) is 5.32 Å². The molecular weight excluding hydrogens is 280 g/mol. The first kappa shape index (κ1) is 14.4. The molecule has 6 heteroatoms. The largest absolute Gasteiger partial charge is 0.451 e. The smallest absolute Gasteiger partial charge is 0.287 e. The van der Waals surface area contributed by atoms with Crippen LogP contribution in [0.5, 0.6) is 0 Å². The lowest BCUT2D eigenvalue weighted by atomic mass is 10.1. The van der Waals surface area contributed by atoms with Gasteiger partial charge in [0, 0.05) is 19.2 Å². The van der Waals surface area contributed by atoms with Gasteiger partial charge in [-0.05, 0) is 30.3 Å². The van der Waals surface area contributed by atoms with Crippen LogP contribution < -0.4 is 11.1 Å². The third kappa shape index (κ3) is 3.31. The minimum absolute atomic E-state index is 0.240. The van der Waals surface area contributed by atoms with Crippen LogP contribution in [-0.4, -0.2) is 26.2 Å². The first-order chi connectivity index (χ1) is 9.61. The van der Waals surface area contributed by atoms with Gasteiger partial charge in [0.2, 0.25) is 0 Å². The van der Waals surface area contributed by atoms with Crippen molar-refractivity contribution in [3.63, 3.8) is 0 Å². The van der Waals surface area contributed by atoms with Crippen LogP contribution in [0.4, 0.5) is 5.69 Å². The molecule has 106 valence electrons. The lowest BCUT2D eigenvalue weighted by molar-refractivity contribution is 0.0910. The van der Waals surface area contributed by atoms with Crippen molar-refractivity contribution in [3.05, 3.63) is 41.1 Å². The molecule has 1 aromatic carbocycles. The third-order valence-corrected chi connectivity index (χ3v) is 3.05. The van der Waals surface area contributed by atoms with Crippen molar-refractivity contribution >= 4 is 23.2 Å². The molecule has 3 N–H and O–H groups in total. The maximum absolute atomic E-state index is 11.8. The van der Waals surface area contributed by atoms with Crippen molar-refractivity contribution in [2.45, 2.75) is 0 Å². The van der Waals surface area contributed by atoms with Gasteiger partial charge < -0.3 is 20.2 Å². The Morgan fingerprint density at radius 2 is 2.20 bits per heavy atom. The molecule has 0 unspecified atom stereocenters. The quantitative estimate of drug-likeness (QED) is 0.656. The first-order valence-corrected chi connectivity index (χ1v) is 6.42. The van der Waals surface area contributed by atoms with Gasteiger partial charge in [-0.3, -0.25) is 4.79 Å². The molecule has 0 aliphatic carbocycles. The number of carbonyl (C=O) groups is 1. The van der Waals surface area contributed by atoms with E-state index in [4.69, 9.17) is 26.5 Å². The summed E-state index contributed by atoms with van der Waals surface area (Å²) in [6, 6.07) is 8.50. The highest BCUT2D eigenvalue weighted by Gasteiger charge is 2.12. The van der Waals surface area contributed by atoms with E-state index in [1.54, 1.807) is 37.4 Å². The lowest BCUT2D eigenvalue weighted by Gasteiger charge is -2.02. The monoisotopic (exact) mass is 294 g/mol. The fourth-order valence-corrected chi connectivity index (χ4v) is 1.78. The van der Waals surface area contributed by atoms with E-state index < -0.39 is 0 Å². The molecule has 0 saturated carbocycles. The van der Waals surface area contributed by atoms with Crippen LogP contribution in [0.1, 0.15) is 10.6 Å². The minimum Gasteiger partial charge on any atom is -0.451 e. The van der Waals surface area contributed by atoms with Crippen LogP contribution in [0.25, 0.3) is 11.3 Å². The Morgan fingerprint density at radius 3 is 2.90 bits per heavy atom. The van der Waals surface area contributed by atoms with Crippen molar-refractivity contribution in [1.82, 2.24) is 5.32 Å². The summed E-state index contributed by atoms with van der Waals surface area (Å²) in [7, 11) is 1.57. The van der Waals surface area contributed by atoms with E-state index in [0.29, 0.717) is 29.6 Å². The summed E-state index contributed by atoms with van der Waals surface area (Å²) in [6.07, 6.45) is 0. The van der Waals surface area contributed by atoms with E-state index >= 15 is 0 Å². The number of ether oxygens (including phenoxy) is 1. The molecule has 20 heavy (non-hydrogen) atoms. The lowest BCUT2D eigenvalue weighted by Crippen LogP contribution is -2.26. The minimum atomic E-state index is -0.282. The van der Waals surface area contributed by atoms with E-state index in [-0.39, 0.29) is 11.7 Å². The number of amides is 1. The van der Waals surface area contributed by atoms with Gasteiger partial charge in [0.05, 0.1) is 17.3 Å². The first-order valence-electron chi connectivity index (χ1n) is 6.04. The Kier molecular flexibility index (Phi) is 4.65. The average molecular weight is 295 g/mol.